The number of thiophene rings is 1. The van der Waals surface area contributed by atoms with Crippen LogP contribution in [-0.2, 0) is 16.4 Å². The van der Waals surface area contributed by atoms with E-state index in [2.05, 4.69) is 23.9 Å². The highest BCUT2D eigenvalue weighted by Gasteiger charge is 2.16. The van der Waals surface area contributed by atoms with E-state index < -0.39 is 10.0 Å². The van der Waals surface area contributed by atoms with Crippen molar-refractivity contribution in [3.8, 4) is 0 Å². The Hall–Kier alpha value is -0.470. The zero-order valence-electron chi connectivity index (χ0n) is 13.3. The molecule has 0 amide bonds. The average Bonchev–Trinajstić information content (AvgIpc) is 2.83. The summed E-state index contributed by atoms with van der Waals surface area (Å²) >= 11 is 1.35. The van der Waals surface area contributed by atoms with Crippen molar-refractivity contribution in [1.82, 2.24) is 14.9 Å². The zero-order valence-corrected chi connectivity index (χ0v) is 15.0. The Bertz CT molecular complexity index is 510. The van der Waals surface area contributed by atoms with Crippen LogP contribution in [0.5, 0.6) is 0 Å². The molecule has 0 saturated carbocycles. The molecule has 0 unspecified atom stereocenters. The Morgan fingerprint density at radius 3 is 2.57 bits per heavy atom. The minimum absolute atomic E-state index is 0.409. The maximum absolute atomic E-state index is 12.1. The molecule has 0 bridgehead atoms. The van der Waals surface area contributed by atoms with E-state index in [1.54, 1.807) is 6.07 Å². The minimum Gasteiger partial charge on any atom is -0.314 e. The second-order valence-electron chi connectivity index (χ2n) is 5.63. The predicted octanol–water partition coefficient (Wildman–Crippen LogP) is 1.52. The van der Waals surface area contributed by atoms with Gasteiger partial charge in [-0.1, -0.05) is 13.8 Å². The molecule has 21 heavy (non-hydrogen) atoms. The van der Waals surface area contributed by atoms with Crippen LogP contribution in [0, 0.1) is 0 Å². The lowest BCUT2D eigenvalue weighted by Gasteiger charge is -2.09. The van der Waals surface area contributed by atoms with Gasteiger partial charge in [0, 0.05) is 24.0 Å². The topological polar surface area (TPSA) is 61.4 Å². The van der Waals surface area contributed by atoms with Crippen molar-refractivity contribution >= 4 is 21.4 Å². The third-order valence-electron chi connectivity index (χ3n) is 2.90. The summed E-state index contributed by atoms with van der Waals surface area (Å²) in [5.41, 5.74) is 0. The molecular weight excluding hydrogens is 306 g/mol. The molecule has 5 nitrogen and oxygen atoms in total. The fourth-order valence-electron chi connectivity index (χ4n) is 1.79. The van der Waals surface area contributed by atoms with Crippen molar-refractivity contribution in [3.63, 3.8) is 0 Å². The highest BCUT2D eigenvalue weighted by atomic mass is 32.2. The first-order chi connectivity index (χ1) is 9.81. The standard InChI is InChI=1S/C14H27N3O2S2/c1-12(2)15-10-8-13-6-7-14(20-13)21(18,19)16-9-5-11-17(3)4/h6-7,12,15-16H,5,8-11H2,1-4H3. The summed E-state index contributed by atoms with van der Waals surface area (Å²) in [6.45, 7) is 6.42. The number of hydrogen-bond acceptors (Lipinski definition) is 5. The molecule has 0 aromatic carbocycles. The molecule has 1 heterocycles. The van der Waals surface area contributed by atoms with Crippen molar-refractivity contribution in [2.24, 2.45) is 0 Å². The van der Waals surface area contributed by atoms with Crippen LogP contribution in [0.3, 0.4) is 0 Å². The molecule has 1 aromatic rings. The Kier molecular flexibility index (Phi) is 7.83. The highest BCUT2D eigenvalue weighted by Crippen LogP contribution is 2.21. The molecule has 1 aromatic heterocycles. The summed E-state index contributed by atoms with van der Waals surface area (Å²) in [7, 11) is 0.606. The minimum atomic E-state index is -3.35. The second-order valence-corrected chi connectivity index (χ2v) is 8.80. The Balaban J connectivity index is 2.46. The first-order valence-corrected chi connectivity index (χ1v) is 9.57. The van der Waals surface area contributed by atoms with Gasteiger partial charge in [0.15, 0.2) is 0 Å². The number of sulfonamides is 1. The quantitative estimate of drug-likeness (QED) is 0.637. The average molecular weight is 334 g/mol. The fourth-order valence-corrected chi connectivity index (χ4v) is 4.27. The van der Waals surface area contributed by atoms with Crippen LogP contribution in [0.2, 0.25) is 0 Å². The monoisotopic (exact) mass is 333 g/mol. The van der Waals surface area contributed by atoms with Gasteiger partial charge in [-0.05, 0) is 45.6 Å². The molecule has 1 rings (SSSR count). The van der Waals surface area contributed by atoms with E-state index in [-0.39, 0.29) is 0 Å². The van der Waals surface area contributed by atoms with E-state index >= 15 is 0 Å². The van der Waals surface area contributed by atoms with Crippen molar-refractivity contribution in [3.05, 3.63) is 17.0 Å². The summed E-state index contributed by atoms with van der Waals surface area (Å²) in [6, 6.07) is 4.05. The van der Waals surface area contributed by atoms with Gasteiger partial charge in [0.1, 0.15) is 4.21 Å². The molecule has 0 atom stereocenters. The van der Waals surface area contributed by atoms with Crippen LogP contribution in [0.4, 0.5) is 0 Å². The van der Waals surface area contributed by atoms with Crippen molar-refractivity contribution in [2.75, 3.05) is 33.7 Å². The van der Waals surface area contributed by atoms with E-state index in [9.17, 15) is 8.42 Å². The van der Waals surface area contributed by atoms with Gasteiger partial charge >= 0.3 is 0 Å². The number of nitrogens with zero attached hydrogens (tertiary/aromatic N) is 1. The van der Waals surface area contributed by atoms with E-state index in [1.807, 2.05) is 25.1 Å². The third-order valence-corrected chi connectivity index (χ3v) is 6.00. The second kappa shape index (κ2) is 8.85. The van der Waals surface area contributed by atoms with E-state index in [4.69, 9.17) is 0 Å². The largest absolute Gasteiger partial charge is 0.314 e. The van der Waals surface area contributed by atoms with Crippen molar-refractivity contribution < 1.29 is 8.42 Å². The van der Waals surface area contributed by atoms with Gasteiger partial charge in [-0.3, -0.25) is 0 Å². The van der Waals surface area contributed by atoms with Crippen LogP contribution in [0.15, 0.2) is 16.3 Å². The summed E-state index contributed by atoms with van der Waals surface area (Å²) in [5.74, 6) is 0. The summed E-state index contributed by atoms with van der Waals surface area (Å²) in [6.07, 6.45) is 1.67. The first kappa shape index (κ1) is 18.6. The van der Waals surface area contributed by atoms with Gasteiger partial charge in [0.05, 0.1) is 0 Å². The normalized spacial score (nSPS) is 12.5. The molecule has 0 saturated heterocycles. The van der Waals surface area contributed by atoms with Crippen molar-refractivity contribution in [1.29, 1.82) is 0 Å². The lowest BCUT2D eigenvalue weighted by molar-refractivity contribution is 0.400. The van der Waals surface area contributed by atoms with Crippen LogP contribution in [-0.4, -0.2) is 53.1 Å². The lowest BCUT2D eigenvalue weighted by atomic mass is 10.3. The molecule has 0 aliphatic carbocycles. The summed E-state index contributed by atoms with van der Waals surface area (Å²) in [4.78, 5) is 3.14. The lowest BCUT2D eigenvalue weighted by Crippen LogP contribution is -2.26. The molecule has 0 spiro atoms. The highest BCUT2D eigenvalue weighted by molar-refractivity contribution is 7.91. The number of rotatable bonds is 10. The molecule has 2 N–H and O–H groups in total. The Labute approximate surface area is 132 Å². The smallest absolute Gasteiger partial charge is 0.250 e. The van der Waals surface area contributed by atoms with Gasteiger partial charge in [0.2, 0.25) is 10.0 Å². The number of hydrogen-bond donors (Lipinski definition) is 2. The van der Waals surface area contributed by atoms with E-state index in [1.165, 1.54) is 11.3 Å². The van der Waals surface area contributed by atoms with Gasteiger partial charge in [0.25, 0.3) is 0 Å². The van der Waals surface area contributed by atoms with Gasteiger partial charge in [-0.25, -0.2) is 13.1 Å². The maximum atomic E-state index is 12.1. The van der Waals surface area contributed by atoms with Crippen molar-refractivity contribution in [2.45, 2.75) is 36.9 Å². The molecular formula is C14H27N3O2S2. The third kappa shape index (κ3) is 7.37. The molecule has 7 heteroatoms. The maximum Gasteiger partial charge on any atom is 0.250 e. The summed E-state index contributed by atoms with van der Waals surface area (Å²) < 4.78 is 27.4. The van der Waals surface area contributed by atoms with E-state index in [0.717, 1.165) is 30.8 Å². The Morgan fingerprint density at radius 1 is 1.24 bits per heavy atom. The fraction of sp³-hybridized carbons (Fsp3) is 0.714. The molecule has 0 aliphatic heterocycles. The summed E-state index contributed by atoms with van der Waals surface area (Å²) in [5, 5.41) is 3.33. The molecule has 0 fully saturated rings. The van der Waals surface area contributed by atoms with E-state index in [0.29, 0.717) is 16.8 Å². The van der Waals surface area contributed by atoms with Gasteiger partial charge in [-0.2, -0.15) is 0 Å². The first-order valence-electron chi connectivity index (χ1n) is 7.28. The molecule has 0 radical (unpaired) electrons. The van der Waals surface area contributed by atoms with Gasteiger partial charge < -0.3 is 10.2 Å². The number of nitrogens with one attached hydrogen (secondary N) is 2. The SMILES string of the molecule is CC(C)NCCc1ccc(S(=O)(=O)NCCCN(C)C)s1. The van der Waals surface area contributed by atoms with Crippen LogP contribution < -0.4 is 10.0 Å². The molecule has 122 valence electrons. The zero-order chi connectivity index (χ0) is 15.9. The molecule has 0 aliphatic rings. The van der Waals surface area contributed by atoms with Crippen LogP contribution in [0.25, 0.3) is 0 Å². The predicted molar refractivity (Wildman–Crippen MR) is 89.5 cm³/mol. The Morgan fingerprint density at radius 2 is 1.95 bits per heavy atom. The van der Waals surface area contributed by atoms with Crippen LogP contribution >= 0.6 is 11.3 Å². The van der Waals surface area contributed by atoms with Crippen LogP contribution in [0.1, 0.15) is 25.1 Å². The van der Waals surface area contributed by atoms with Gasteiger partial charge in [-0.15, -0.1) is 11.3 Å².